The Morgan fingerprint density at radius 2 is 2.33 bits per heavy atom. The lowest BCUT2D eigenvalue weighted by Gasteiger charge is -2.28. The van der Waals surface area contributed by atoms with E-state index < -0.39 is 0 Å². The van der Waals surface area contributed by atoms with E-state index in [9.17, 15) is 0 Å². The lowest BCUT2D eigenvalue weighted by Crippen LogP contribution is -2.31. The van der Waals surface area contributed by atoms with Gasteiger partial charge in [0.1, 0.15) is 0 Å². The molecule has 1 fully saturated rings. The van der Waals surface area contributed by atoms with Crippen LogP contribution in [-0.4, -0.2) is 18.6 Å². The van der Waals surface area contributed by atoms with Gasteiger partial charge in [0.25, 0.3) is 0 Å². The van der Waals surface area contributed by atoms with E-state index in [4.69, 9.17) is 4.74 Å². The molecule has 1 aliphatic heterocycles. The highest BCUT2D eigenvalue weighted by atomic mass is 16.5. The maximum atomic E-state index is 5.13. The number of hydrogen-bond donors (Lipinski definition) is 1. The van der Waals surface area contributed by atoms with Crippen LogP contribution in [0.3, 0.4) is 0 Å². The average molecular weight is 206 g/mol. The second-order valence-corrected chi connectivity index (χ2v) is 4.27. The van der Waals surface area contributed by atoms with Gasteiger partial charge in [0.05, 0.1) is 7.11 Å². The summed E-state index contributed by atoms with van der Waals surface area (Å²) in [4.78, 5) is 4.12. The van der Waals surface area contributed by atoms with Gasteiger partial charge in [-0.3, -0.25) is 0 Å². The molecule has 0 spiro atoms. The Balaban J connectivity index is 2.08. The predicted molar refractivity (Wildman–Crippen MR) is 59.9 cm³/mol. The zero-order chi connectivity index (χ0) is 10.7. The number of nitrogens with one attached hydrogen (secondary N) is 1. The summed E-state index contributed by atoms with van der Waals surface area (Å²) < 4.78 is 5.13. The third kappa shape index (κ3) is 2.48. The summed E-state index contributed by atoms with van der Waals surface area (Å²) >= 11 is 0. The fraction of sp³-hybridized carbons (Fsp3) is 0.583. The molecule has 82 valence electrons. The van der Waals surface area contributed by atoms with Gasteiger partial charge in [0.15, 0.2) is 0 Å². The number of piperidine rings is 1. The molecular formula is C12H18N2O. The first-order chi connectivity index (χ1) is 7.29. The molecule has 2 unspecified atom stereocenters. The highest BCUT2D eigenvalue weighted by Gasteiger charge is 2.19. The van der Waals surface area contributed by atoms with E-state index in [1.807, 2.05) is 12.3 Å². The van der Waals surface area contributed by atoms with Crippen molar-refractivity contribution in [2.24, 2.45) is 5.92 Å². The fourth-order valence-corrected chi connectivity index (χ4v) is 2.04. The molecule has 0 aliphatic carbocycles. The van der Waals surface area contributed by atoms with E-state index in [1.54, 1.807) is 7.11 Å². The van der Waals surface area contributed by atoms with Gasteiger partial charge in [0.2, 0.25) is 5.88 Å². The molecule has 3 nitrogen and oxygen atoms in total. The first-order valence-electron chi connectivity index (χ1n) is 5.53. The minimum Gasteiger partial charge on any atom is -0.481 e. The van der Waals surface area contributed by atoms with Gasteiger partial charge in [-0.1, -0.05) is 6.92 Å². The third-order valence-corrected chi connectivity index (χ3v) is 3.03. The molecule has 1 aliphatic rings. The summed E-state index contributed by atoms with van der Waals surface area (Å²) in [6, 6.07) is 4.56. The first-order valence-corrected chi connectivity index (χ1v) is 5.53. The Bertz CT molecular complexity index is 319. The van der Waals surface area contributed by atoms with Crippen LogP contribution in [0.15, 0.2) is 18.3 Å². The van der Waals surface area contributed by atoms with Crippen molar-refractivity contribution in [3.05, 3.63) is 23.9 Å². The van der Waals surface area contributed by atoms with Crippen LogP contribution in [0.1, 0.15) is 31.4 Å². The van der Waals surface area contributed by atoms with Crippen molar-refractivity contribution >= 4 is 0 Å². The molecule has 1 aromatic heterocycles. The molecule has 0 saturated carbocycles. The molecule has 2 rings (SSSR count). The highest BCUT2D eigenvalue weighted by molar-refractivity contribution is 5.23. The molecule has 3 heteroatoms. The zero-order valence-corrected chi connectivity index (χ0v) is 9.36. The molecule has 2 atom stereocenters. The number of rotatable bonds is 2. The van der Waals surface area contributed by atoms with Crippen LogP contribution in [-0.2, 0) is 0 Å². The molecule has 0 aromatic carbocycles. The SMILES string of the molecule is COc1cc(C2CCC(C)CN2)ccn1. The van der Waals surface area contributed by atoms with Crippen molar-refractivity contribution in [2.75, 3.05) is 13.7 Å². The molecule has 0 amide bonds. The smallest absolute Gasteiger partial charge is 0.213 e. The molecule has 0 bridgehead atoms. The quantitative estimate of drug-likeness (QED) is 0.805. The van der Waals surface area contributed by atoms with E-state index in [0.29, 0.717) is 11.9 Å². The lowest BCUT2D eigenvalue weighted by molar-refractivity contribution is 0.331. The van der Waals surface area contributed by atoms with Crippen molar-refractivity contribution in [1.29, 1.82) is 0 Å². The van der Waals surface area contributed by atoms with Crippen LogP contribution < -0.4 is 10.1 Å². The molecule has 15 heavy (non-hydrogen) atoms. The van der Waals surface area contributed by atoms with Crippen molar-refractivity contribution in [2.45, 2.75) is 25.8 Å². The Labute approximate surface area is 90.9 Å². The Morgan fingerprint density at radius 1 is 1.47 bits per heavy atom. The van der Waals surface area contributed by atoms with Crippen LogP contribution in [0.2, 0.25) is 0 Å². The third-order valence-electron chi connectivity index (χ3n) is 3.03. The number of methoxy groups -OCH3 is 1. The number of pyridine rings is 1. The minimum absolute atomic E-state index is 0.470. The second-order valence-electron chi connectivity index (χ2n) is 4.27. The maximum Gasteiger partial charge on any atom is 0.213 e. The Hall–Kier alpha value is -1.09. The molecule has 1 N–H and O–H groups in total. The number of aromatic nitrogens is 1. The summed E-state index contributed by atoms with van der Waals surface area (Å²) in [5, 5.41) is 3.55. The normalized spacial score (nSPS) is 26.3. The summed E-state index contributed by atoms with van der Waals surface area (Å²) in [5.41, 5.74) is 1.29. The zero-order valence-electron chi connectivity index (χ0n) is 9.36. The van der Waals surface area contributed by atoms with E-state index in [2.05, 4.69) is 23.3 Å². The van der Waals surface area contributed by atoms with Crippen LogP contribution >= 0.6 is 0 Å². The molecule has 1 aromatic rings. The van der Waals surface area contributed by atoms with Gasteiger partial charge in [0, 0.05) is 18.3 Å². The first kappa shape index (κ1) is 10.4. The molecular weight excluding hydrogens is 188 g/mol. The standard InChI is InChI=1S/C12H18N2O/c1-9-3-4-11(14-8-9)10-5-6-13-12(7-10)15-2/h5-7,9,11,14H,3-4,8H2,1-2H3. The Kier molecular flexibility index (Phi) is 3.21. The van der Waals surface area contributed by atoms with E-state index in [1.165, 1.54) is 18.4 Å². The van der Waals surface area contributed by atoms with Crippen molar-refractivity contribution in [3.63, 3.8) is 0 Å². The van der Waals surface area contributed by atoms with Crippen molar-refractivity contribution < 1.29 is 4.74 Å². The van der Waals surface area contributed by atoms with Gasteiger partial charge < -0.3 is 10.1 Å². The lowest BCUT2D eigenvalue weighted by atomic mass is 9.92. The molecule has 0 radical (unpaired) electrons. The maximum absolute atomic E-state index is 5.13. The predicted octanol–water partition coefficient (Wildman–Crippen LogP) is 2.15. The Morgan fingerprint density at radius 3 is 3.00 bits per heavy atom. The summed E-state index contributed by atoms with van der Waals surface area (Å²) in [5.74, 6) is 1.50. The number of ether oxygens (including phenoxy) is 1. The number of hydrogen-bond acceptors (Lipinski definition) is 3. The van der Waals surface area contributed by atoms with Gasteiger partial charge in [-0.05, 0) is 36.9 Å². The second kappa shape index (κ2) is 4.62. The topological polar surface area (TPSA) is 34.1 Å². The summed E-state index contributed by atoms with van der Waals surface area (Å²) in [6.45, 7) is 3.39. The molecule has 1 saturated heterocycles. The van der Waals surface area contributed by atoms with Crippen molar-refractivity contribution in [1.82, 2.24) is 10.3 Å². The fourth-order valence-electron chi connectivity index (χ4n) is 2.04. The average Bonchev–Trinajstić information content (AvgIpc) is 2.30. The van der Waals surface area contributed by atoms with E-state index in [-0.39, 0.29) is 0 Å². The van der Waals surface area contributed by atoms with Gasteiger partial charge in [-0.2, -0.15) is 0 Å². The van der Waals surface area contributed by atoms with Crippen LogP contribution in [0, 0.1) is 5.92 Å². The molecule has 2 heterocycles. The monoisotopic (exact) mass is 206 g/mol. The van der Waals surface area contributed by atoms with Crippen LogP contribution in [0.25, 0.3) is 0 Å². The number of nitrogens with zero attached hydrogens (tertiary/aromatic N) is 1. The summed E-state index contributed by atoms with van der Waals surface area (Å²) in [6.07, 6.45) is 4.31. The van der Waals surface area contributed by atoms with E-state index >= 15 is 0 Å². The van der Waals surface area contributed by atoms with Crippen LogP contribution in [0.5, 0.6) is 5.88 Å². The minimum atomic E-state index is 0.470. The van der Waals surface area contributed by atoms with Crippen molar-refractivity contribution in [3.8, 4) is 5.88 Å². The van der Waals surface area contributed by atoms with Gasteiger partial charge in [-0.15, -0.1) is 0 Å². The van der Waals surface area contributed by atoms with Gasteiger partial charge >= 0.3 is 0 Å². The van der Waals surface area contributed by atoms with Crippen LogP contribution in [0.4, 0.5) is 0 Å². The largest absolute Gasteiger partial charge is 0.481 e. The van der Waals surface area contributed by atoms with E-state index in [0.717, 1.165) is 12.5 Å². The highest BCUT2D eigenvalue weighted by Crippen LogP contribution is 2.26. The summed E-state index contributed by atoms with van der Waals surface area (Å²) in [7, 11) is 1.66. The van der Waals surface area contributed by atoms with Gasteiger partial charge in [-0.25, -0.2) is 4.98 Å².